The maximum Gasteiger partial charge on any atom is 0.129 e. The van der Waals surface area contributed by atoms with Gasteiger partial charge in [-0.2, -0.15) is 5.10 Å². The third kappa shape index (κ3) is 2.28. The van der Waals surface area contributed by atoms with E-state index in [4.69, 9.17) is 5.11 Å². The van der Waals surface area contributed by atoms with Crippen molar-refractivity contribution in [3.63, 3.8) is 0 Å². The van der Waals surface area contributed by atoms with E-state index in [-0.39, 0.29) is 6.61 Å². The SMILES string of the molecule is CC(O)c1cccc(N2Cc3cnn(CCO)c3C2)n1. The number of nitrogens with zero attached hydrogens (tertiary/aromatic N) is 4. The first-order valence-electron chi connectivity index (χ1n) is 6.73. The maximum absolute atomic E-state index is 9.62. The molecule has 0 amide bonds. The third-order valence-electron chi connectivity index (χ3n) is 3.56. The molecule has 0 radical (unpaired) electrons. The number of rotatable bonds is 4. The average molecular weight is 274 g/mol. The van der Waals surface area contributed by atoms with Gasteiger partial charge in [0.15, 0.2) is 0 Å². The van der Waals surface area contributed by atoms with Crippen LogP contribution in [0.25, 0.3) is 0 Å². The van der Waals surface area contributed by atoms with E-state index in [1.807, 2.05) is 29.1 Å². The van der Waals surface area contributed by atoms with Gasteiger partial charge in [0.25, 0.3) is 0 Å². The highest BCUT2D eigenvalue weighted by Gasteiger charge is 2.24. The Balaban J connectivity index is 1.83. The number of aliphatic hydroxyl groups excluding tert-OH is 2. The molecule has 0 aromatic carbocycles. The predicted octanol–water partition coefficient (Wildman–Crippen LogP) is 0.844. The zero-order chi connectivity index (χ0) is 14.1. The lowest BCUT2D eigenvalue weighted by Crippen LogP contribution is -2.19. The number of hydrogen-bond acceptors (Lipinski definition) is 5. The van der Waals surface area contributed by atoms with Crippen molar-refractivity contribution in [2.24, 2.45) is 0 Å². The molecule has 6 heteroatoms. The molecular weight excluding hydrogens is 256 g/mol. The van der Waals surface area contributed by atoms with Gasteiger partial charge in [-0.25, -0.2) is 4.98 Å². The highest BCUT2D eigenvalue weighted by molar-refractivity contribution is 5.45. The van der Waals surface area contributed by atoms with E-state index in [0.29, 0.717) is 12.2 Å². The van der Waals surface area contributed by atoms with E-state index in [1.165, 1.54) is 5.56 Å². The van der Waals surface area contributed by atoms with E-state index in [9.17, 15) is 5.11 Å². The highest BCUT2D eigenvalue weighted by atomic mass is 16.3. The summed E-state index contributed by atoms with van der Waals surface area (Å²) in [5.41, 5.74) is 2.97. The van der Waals surface area contributed by atoms with Crippen molar-refractivity contribution in [1.82, 2.24) is 14.8 Å². The van der Waals surface area contributed by atoms with Crippen molar-refractivity contribution in [2.75, 3.05) is 11.5 Å². The molecule has 3 heterocycles. The normalized spacial score (nSPS) is 15.4. The van der Waals surface area contributed by atoms with Crippen molar-refractivity contribution >= 4 is 5.82 Å². The number of hydrogen-bond donors (Lipinski definition) is 2. The topological polar surface area (TPSA) is 74.4 Å². The molecule has 3 rings (SSSR count). The molecule has 6 nitrogen and oxygen atoms in total. The summed E-state index contributed by atoms with van der Waals surface area (Å²) in [4.78, 5) is 6.63. The van der Waals surface area contributed by atoms with Gasteiger partial charge in [0.2, 0.25) is 0 Å². The molecule has 1 unspecified atom stereocenters. The van der Waals surface area contributed by atoms with E-state index >= 15 is 0 Å². The molecule has 0 fully saturated rings. The molecule has 1 aliphatic heterocycles. The number of pyridine rings is 1. The molecule has 2 aromatic heterocycles. The largest absolute Gasteiger partial charge is 0.394 e. The summed E-state index contributed by atoms with van der Waals surface area (Å²) in [6.45, 7) is 3.81. The molecule has 2 N–H and O–H groups in total. The van der Waals surface area contributed by atoms with Gasteiger partial charge in [-0.15, -0.1) is 0 Å². The van der Waals surface area contributed by atoms with E-state index in [2.05, 4.69) is 15.0 Å². The fourth-order valence-corrected chi connectivity index (χ4v) is 2.50. The molecule has 106 valence electrons. The van der Waals surface area contributed by atoms with Crippen LogP contribution >= 0.6 is 0 Å². The fourth-order valence-electron chi connectivity index (χ4n) is 2.50. The standard InChI is InChI=1S/C14H18N4O2/c1-10(20)12-3-2-4-14(16-12)17-8-11-7-15-18(5-6-19)13(11)9-17/h2-4,7,10,19-20H,5-6,8-9H2,1H3. The monoisotopic (exact) mass is 274 g/mol. The Morgan fingerprint density at radius 2 is 2.20 bits per heavy atom. The Labute approximate surface area is 117 Å². The van der Waals surface area contributed by atoms with Gasteiger partial charge in [-0.3, -0.25) is 4.68 Å². The lowest BCUT2D eigenvalue weighted by atomic mass is 10.2. The quantitative estimate of drug-likeness (QED) is 0.864. The number of anilines is 1. The van der Waals surface area contributed by atoms with Gasteiger partial charge in [0.05, 0.1) is 43.4 Å². The van der Waals surface area contributed by atoms with Crippen LogP contribution < -0.4 is 4.90 Å². The first-order chi connectivity index (χ1) is 9.69. The molecular formula is C14H18N4O2. The number of aliphatic hydroxyl groups is 2. The molecule has 20 heavy (non-hydrogen) atoms. The van der Waals surface area contributed by atoms with Crippen molar-refractivity contribution in [2.45, 2.75) is 32.7 Å². The van der Waals surface area contributed by atoms with E-state index in [1.54, 1.807) is 6.92 Å². The Kier molecular flexibility index (Phi) is 3.42. The predicted molar refractivity (Wildman–Crippen MR) is 74.1 cm³/mol. The van der Waals surface area contributed by atoms with E-state index in [0.717, 1.165) is 24.6 Å². The Morgan fingerprint density at radius 3 is 2.95 bits per heavy atom. The summed E-state index contributed by atoms with van der Waals surface area (Å²) in [6.07, 6.45) is 1.29. The molecule has 1 aliphatic rings. The summed E-state index contributed by atoms with van der Waals surface area (Å²) < 4.78 is 1.84. The molecule has 0 saturated heterocycles. The van der Waals surface area contributed by atoms with Crippen molar-refractivity contribution in [1.29, 1.82) is 0 Å². The van der Waals surface area contributed by atoms with Gasteiger partial charge < -0.3 is 15.1 Å². The second-order valence-corrected chi connectivity index (χ2v) is 5.02. The van der Waals surface area contributed by atoms with Gasteiger partial charge in [0, 0.05) is 12.1 Å². The number of aromatic nitrogens is 3. The van der Waals surface area contributed by atoms with Crippen LogP contribution in [0.5, 0.6) is 0 Å². The minimum absolute atomic E-state index is 0.0872. The van der Waals surface area contributed by atoms with Crippen LogP contribution in [0.2, 0.25) is 0 Å². The van der Waals surface area contributed by atoms with Crippen molar-refractivity contribution in [3.8, 4) is 0 Å². The van der Waals surface area contributed by atoms with Crippen LogP contribution in [0, 0.1) is 0 Å². The van der Waals surface area contributed by atoms with Gasteiger partial charge in [-0.05, 0) is 19.1 Å². The minimum Gasteiger partial charge on any atom is -0.394 e. The van der Waals surface area contributed by atoms with Gasteiger partial charge in [0.1, 0.15) is 5.82 Å². The maximum atomic E-state index is 9.62. The summed E-state index contributed by atoms with van der Waals surface area (Å²) in [5, 5.41) is 22.9. The minimum atomic E-state index is -0.565. The average Bonchev–Trinajstić information content (AvgIpc) is 3.01. The molecule has 2 aromatic rings. The molecule has 0 saturated carbocycles. The molecule has 0 spiro atoms. The Bertz CT molecular complexity index is 609. The summed E-state index contributed by atoms with van der Waals surface area (Å²) in [7, 11) is 0. The van der Waals surface area contributed by atoms with Crippen LogP contribution in [-0.4, -0.2) is 31.6 Å². The third-order valence-corrected chi connectivity index (χ3v) is 3.56. The second-order valence-electron chi connectivity index (χ2n) is 5.02. The molecule has 0 bridgehead atoms. The summed E-state index contributed by atoms with van der Waals surface area (Å²) in [5.74, 6) is 0.857. The summed E-state index contributed by atoms with van der Waals surface area (Å²) >= 11 is 0. The van der Waals surface area contributed by atoms with Crippen LogP contribution in [0.1, 0.15) is 30.0 Å². The van der Waals surface area contributed by atoms with Crippen molar-refractivity contribution < 1.29 is 10.2 Å². The Hall–Kier alpha value is -1.92. The zero-order valence-corrected chi connectivity index (χ0v) is 11.4. The molecule has 0 aliphatic carbocycles. The molecule has 1 atom stereocenters. The second kappa shape index (κ2) is 5.22. The lowest BCUT2D eigenvalue weighted by molar-refractivity contribution is 0.194. The number of fused-ring (bicyclic) bond motifs is 1. The first kappa shape index (κ1) is 13.1. The van der Waals surface area contributed by atoms with Crippen LogP contribution in [-0.2, 0) is 19.6 Å². The smallest absolute Gasteiger partial charge is 0.129 e. The van der Waals surface area contributed by atoms with Crippen LogP contribution in [0.15, 0.2) is 24.4 Å². The zero-order valence-electron chi connectivity index (χ0n) is 11.4. The lowest BCUT2D eigenvalue weighted by Gasteiger charge is -2.18. The van der Waals surface area contributed by atoms with Crippen LogP contribution in [0.3, 0.4) is 0 Å². The first-order valence-corrected chi connectivity index (χ1v) is 6.73. The summed E-state index contributed by atoms with van der Waals surface area (Å²) in [6, 6.07) is 5.68. The van der Waals surface area contributed by atoms with Gasteiger partial charge in [-0.1, -0.05) is 6.07 Å². The van der Waals surface area contributed by atoms with Gasteiger partial charge >= 0.3 is 0 Å². The van der Waals surface area contributed by atoms with Crippen LogP contribution in [0.4, 0.5) is 5.82 Å². The highest BCUT2D eigenvalue weighted by Crippen LogP contribution is 2.27. The van der Waals surface area contributed by atoms with E-state index < -0.39 is 6.10 Å². The fraction of sp³-hybridized carbons (Fsp3) is 0.429. The van der Waals surface area contributed by atoms with Crippen molar-refractivity contribution in [3.05, 3.63) is 41.3 Å². The Morgan fingerprint density at radius 1 is 1.35 bits per heavy atom.